The number of hydrogen-bond donors (Lipinski definition) is 4. The van der Waals surface area contributed by atoms with Crippen LogP contribution in [0.2, 0.25) is 0 Å². The van der Waals surface area contributed by atoms with E-state index in [-0.39, 0.29) is 34.3 Å². The van der Waals surface area contributed by atoms with Gasteiger partial charge in [0, 0.05) is 0 Å². The molecule has 9 nitrogen and oxygen atoms in total. The Hall–Kier alpha value is -2.95. The molecular formula is C25H28O9. The minimum absolute atomic E-state index is 0.120. The van der Waals surface area contributed by atoms with Crippen molar-refractivity contribution >= 4 is 11.0 Å². The largest absolute Gasteiger partial charge is 0.494 e. The maximum atomic E-state index is 13.4. The van der Waals surface area contributed by atoms with Gasteiger partial charge in [0.2, 0.25) is 5.43 Å². The highest BCUT2D eigenvalue weighted by atomic mass is 16.5. The molecule has 2 aromatic carbocycles. The van der Waals surface area contributed by atoms with E-state index < -0.39 is 37.1 Å². The summed E-state index contributed by atoms with van der Waals surface area (Å²) >= 11 is 0. The summed E-state index contributed by atoms with van der Waals surface area (Å²) < 4.78 is 22.8. The Bertz CT molecular complexity index is 1190. The zero-order valence-corrected chi connectivity index (χ0v) is 18.9. The van der Waals surface area contributed by atoms with Gasteiger partial charge >= 0.3 is 0 Å². The van der Waals surface area contributed by atoms with Crippen molar-refractivity contribution in [1.29, 1.82) is 0 Å². The third-order valence-corrected chi connectivity index (χ3v) is 5.89. The lowest BCUT2D eigenvalue weighted by atomic mass is 9.89. The fourth-order valence-electron chi connectivity index (χ4n) is 4.19. The summed E-state index contributed by atoms with van der Waals surface area (Å²) in [6.45, 7) is 3.88. The Morgan fingerprint density at radius 3 is 2.26 bits per heavy atom. The number of rotatable bonds is 7. The van der Waals surface area contributed by atoms with E-state index in [9.17, 15) is 25.2 Å². The SMILES string of the molecule is CCOc1ccc(-c2coc3c([C@@H]4O[C@H](CO)[C@@H](O)[C@H](O)[C@H]4O)c(OCC)ccc3c2=O)cc1. The summed E-state index contributed by atoms with van der Waals surface area (Å²) in [4.78, 5) is 13.4. The number of fused-ring (bicyclic) bond motifs is 1. The number of benzene rings is 2. The highest BCUT2D eigenvalue weighted by Gasteiger charge is 2.46. The lowest BCUT2D eigenvalue weighted by Gasteiger charge is -2.40. The molecule has 2 heterocycles. The predicted octanol–water partition coefficient (Wildman–Crippen LogP) is 1.77. The molecule has 9 heteroatoms. The van der Waals surface area contributed by atoms with E-state index in [0.717, 1.165) is 0 Å². The van der Waals surface area contributed by atoms with Crippen LogP contribution in [0.3, 0.4) is 0 Å². The molecule has 0 radical (unpaired) electrons. The first-order valence-electron chi connectivity index (χ1n) is 11.2. The molecule has 1 aliphatic rings. The average Bonchev–Trinajstić information content (AvgIpc) is 2.84. The lowest BCUT2D eigenvalue weighted by Crippen LogP contribution is -2.55. The maximum Gasteiger partial charge on any atom is 0.200 e. The fourth-order valence-corrected chi connectivity index (χ4v) is 4.19. The topological polar surface area (TPSA) is 139 Å². The van der Waals surface area contributed by atoms with E-state index in [1.807, 2.05) is 6.92 Å². The van der Waals surface area contributed by atoms with Gasteiger partial charge < -0.3 is 39.1 Å². The summed E-state index contributed by atoms with van der Waals surface area (Å²) in [5, 5.41) is 41.0. The molecule has 4 N–H and O–H groups in total. The minimum atomic E-state index is -1.59. The second-order valence-electron chi connectivity index (χ2n) is 7.97. The lowest BCUT2D eigenvalue weighted by molar-refractivity contribution is -0.231. The van der Waals surface area contributed by atoms with Crippen LogP contribution < -0.4 is 14.9 Å². The Kier molecular flexibility index (Phi) is 7.20. The van der Waals surface area contributed by atoms with Crippen molar-refractivity contribution in [3.8, 4) is 22.6 Å². The molecule has 0 amide bonds. The molecule has 1 aromatic heterocycles. The van der Waals surface area contributed by atoms with Gasteiger partial charge in [0.25, 0.3) is 0 Å². The van der Waals surface area contributed by atoms with Gasteiger partial charge in [-0.25, -0.2) is 0 Å². The van der Waals surface area contributed by atoms with Crippen molar-refractivity contribution in [3.05, 3.63) is 58.4 Å². The summed E-state index contributed by atoms with van der Waals surface area (Å²) in [6, 6.07) is 10.2. The van der Waals surface area contributed by atoms with Crippen molar-refractivity contribution < 1.29 is 39.1 Å². The van der Waals surface area contributed by atoms with Crippen LogP contribution in [0.5, 0.6) is 11.5 Å². The van der Waals surface area contributed by atoms with Gasteiger partial charge in [0.1, 0.15) is 53.9 Å². The van der Waals surface area contributed by atoms with Gasteiger partial charge in [-0.05, 0) is 43.7 Å². The van der Waals surface area contributed by atoms with Gasteiger partial charge in [-0.3, -0.25) is 4.79 Å². The fraction of sp³-hybridized carbons (Fsp3) is 0.400. The normalized spacial score (nSPS) is 24.8. The van der Waals surface area contributed by atoms with Crippen molar-refractivity contribution in [1.82, 2.24) is 0 Å². The van der Waals surface area contributed by atoms with Crippen molar-refractivity contribution in [2.45, 2.75) is 44.4 Å². The number of hydrogen-bond acceptors (Lipinski definition) is 9. The first-order valence-corrected chi connectivity index (χ1v) is 11.2. The first kappa shape index (κ1) is 24.2. The molecular weight excluding hydrogens is 444 g/mol. The van der Waals surface area contributed by atoms with Crippen molar-refractivity contribution in [2.75, 3.05) is 19.8 Å². The van der Waals surface area contributed by atoms with Crippen LogP contribution >= 0.6 is 0 Å². The Balaban J connectivity index is 1.85. The molecule has 0 bridgehead atoms. The molecule has 0 unspecified atom stereocenters. The number of aliphatic hydroxyl groups excluding tert-OH is 4. The molecule has 34 heavy (non-hydrogen) atoms. The molecule has 0 aliphatic carbocycles. The monoisotopic (exact) mass is 472 g/mol. The van der Waals surface area contributed by atoms with Crippen LogP contribution in [0.1, 0.15) is 25.5 Å². The summed E-state index contributed by atoms with van der Waals surface area (Å²) in [5.41, 5.74) is 1.00. The van der Waals surface area contributed by atoms with Crippen LogP contribution in [0.15, 0.2) is 51.9 Å². The minimum Gasteiger partial charge on any atom is -0.494 e. The van der Waals surface area contributed by atoms with Crippen molar-refractivity contribution in [3.63, 3.8) is 0 Å². The Morgan fingerprint density at radius 2 is 1.62 bits per heavy atom. The predicted molar refractivity (Wildman–Crippen MR) is 123 cm³/mol. The van der Waals surface area contributed by atoms with Crippen LogP contribution in [0.4, 0.5) is 0 Å². The van der Waals surface area contributed by atoms with Crippen LogP contribution in [0, 0.1) is 0 Å². The van der Waals surface area contributed by atoms with Crippen LogP contribution in [0.25, 0.3) is 22.1 Å². The van der Waals surface area contributed by atoms with Gasteiger partial charge in [-0.1, -0.05) is 12.1 Å². The highest BCUT2D eigenvalue weighted by molar-refractivity contribution is 5.86. The zero-order chi connectivity index (χ0) is 24.4. The van der Waals surface area contributed by atoms with E-state index in [1.165, 1.54) is 6.26 Å². The number of aliphatic hydroxyl groups is 4. The van der Waals surface area contributed by atoms with E-state index in [2.05, 4.69) is 0 Å². The van der Waals surface area contributed by atoms with E-state index in [1.54, 1.807) is 43.3 Å². The zero-order valence-electron chi connectivity index (χ0n) is 18.9. The van der Waals surface area contributed by atoms with Crippen LogP contribution in [-0.2, 0) is 4.74 Å². The van der Waals surface area contributed by atoms with Gasteiger partial charge in [0.05, 0.1) is 36.3 Å². The molecule has 5 atom stereocenters. The molecule has 1 saturated heterocycles. The molecule has 4 rings (SSSR count). The molecule has 182 valence electrons. The Morgan fingerprint density at radius 1 is 0.912 bits per heavy atom. The highest BCUT2D eigenvalue weighted by Crippen LogP contribution is 2.41. The third-order valence-electron chi connectivity index (χ3n) is 5.89. The quantitative estimate of drug-likeness (QED) is 0.405. The molecule has 3 aromatic rings. The molecule has 1 fully saturated rings. The van der Waals surface area contributed by atoms with E-state index in [4.69, 9.17) is 18.6 Å². The van der Waals surface area contributed by atoms with Gasteiger partial charge in [-0.2, -0.15) is 0 Å². The van der Waals surface area contributed by atoms with E-state index >= 15 is 0 Å². The smallest absolute Gasteiger partial charge is 0.200 e. The average molecular weight is 472 g/mol. The maximum absolute atomic E-state index is 13.4. The van der Waals surface area contributed by atoms with Crippen LogP contribution in [-0.4, -0.2) is 64.7 Å². The Labute approximate surface area is 195 Å². The van der Waals surface area contributed by atoms with Crippen molar-refractivity contribution in [2.24, 2.45) is 0 Å². The molecule has 0 spiro atoms. The summed E-state index contributed by atoms with van der Waals surface area (Å²) in [5.74, 6) is 0.971. The van der Waals surface area contributed by atoms with Gasteiger partial charge in [-0.15, -0.1) is 0 Å². The number of ether oxygens (including phenoxy) is 3. The van der Waals surface area contributed by atoms with E-state index in [0.29, 0.717) is 23.5 Å². The summed E-state index contributed by atoms with van der Waals surface area (Å²) in [7, 11) is 0. The second-order valence-corrected chi connectivity index (χ2v) is 7.97. The second kappa shape index (κ2) is 10.1. The first-order chi connectivity index (χ1) is 16.4. The summed E-state index contributed by atoms with van der Waals surface area (Å²) in [6.07, 6.45) is -5.68. The molecule has 1 aliphatic heterocycles. The van der Waals surface area contributed by atoms with Gasteiger partial charge in [0.15, 0.2) is 0 Å². The standard InChI is InChI=1S/C25H28O9/c1-3-31-14-7-5-13(6-8-14)16-12-33-24-15(20(16)27)9-10-17(32-4-2)19(24)25-23(30)22(29)21(28)18(11-26)34-25/h5-10,12,18,21-23,25-26,28-30H,3-4,11H2,1-2H3/t18-,21-,22+,23-,25+/m1/s1. The third kappa shape index (κ3) is 4.28. The molecule has 0 saturated carbocycles.